The summed E-state index contributed by atoms with van der Waals surface area (Å²) in [4.78, 5) is 41.9. The number of ether oxygens (including phenoxy) is 1. The molecule has 11 heteroatoms. The maximum atomic E-state index is 13.0. The molecule has 0 radical (unpaired) electrons. The number of anilines is 3. The zero-order valence-electron chi connectivity index (χ0n) is 20.7. The molecule has 10 nitrogen and oxygen atoms in total. The molecule has 2 aromatic heterocycles. The average Bonchev–Trinajstić information content (AvgIpc) is 2.89. The lowest BCUT2D eigenvalue weighted by Gasteiger charge is -2.36. The van der Waals surface area contributed by atoms with Crippen LogP contribution in [-0.4, -0.2) is 70.9 Å². The predicted molar refractivity (Wildman–Crippen MR) is 146 cm³/mol. The zero-order valence-corrected chi connectivity index (χ0v) is 21.5. The maximum absolute atomic E-state index is 13.0. The number of rotatable bonds is 7. The van der Waals surface area contributed by atoms with E-state index < -0.39 is 11.2 Å². The summed E-state index contributed by atoms with van der Waals surface area (Å²) in [6.07, 6.45) is 1.40. The number of benzene rings is 2. The molecule has 0 atom stereocenters. The molecule has 5 rings (SSSR count). The topological polar surface area (TPSA) is 108 Å². The zero-order chi connectivity index (χ0) is 25.9. The van der Waals surface area contributed by atoms with Crippen molar-refractivity contribution >= 4 is 40.0 Å². The fourth-order valence-corrected chi connectivity index (χ4v) is 4.79. The molecule has 0 aliphatic carbocycles. The molecule has 2 N–H and O–H groups in total. The number of aryl methyl sites for hydroxylation is 1. The van der Waals surface area contributed by atoms with Crippen molar-refractivity contribution in [1.82, 2.24) is 24.4 Å². The van der Waals surface area contributed by atoms with Gasteiger partial charge < -0.3 is 15.0 Å². The summed E-state index contributed by atoms with van der Waals surface area (Å²) >= 11 is 6.20. The van der Waals surface area contributed by atoms with Crippen LogP contribution in [0.4, 0.5) is 17.3 Å². The van der Waals surface area contributed by atoms with Gasteiger partial charge in [-0.15, -0.1) is 0 Å². The Labute approximate surface area is 218 Å². The van der Waals surface area contributed by atoms with Gasteiger partial charge in [-0.25, -0.2) is 14.3 Å². The number of methoxy groups -OCH3 is 1. The highest BCUT2D eigenvalue weighted by atomic mass is 35.5. The van der Waals surface area contributed by atoms with E-state index in [-0.39, 0.29) is 17.0 Å². The van der Waals surface area contributed by atoms with Crippen LogP contribution in [0, 0.1) is 6.92 Å². The molecule has 0 amide bonds. The fraction of sp³-hybridized carbons (Fsp3) is 0.308. The first-order chi connectivity index (χ1) is 17.9. The van der Waals surface area contributed by atoms with E-state index in [1.165, 1.54) is 11.9 Å². The number of hydrogen-bond donors (Lipinski definition) is 2. The van der Waals surface area contributed by atoms with Gasteiger partial charge in [-0.3, -0.25) is 14.7 Å². The van der Waals surface area contributed by atoms with Crippen molar-refractivity contribution in [3.8, 4) is 5.69 Å². The van der Waals surface area contributed by atoms with Crippen molar-refractivity contribution in [2.75, 3.05) is 56.7 Å². The third-order valence-corrected chi connectivity index (χ3v) is 6.84. The van der Waals surface area contributed by atoms with Gasteiger partial charge in [0.05, 0.1) is 17.3 Å². The van der Waals surface area contributed by atoms with Crippen molar-refractivity contribution in [2.24, 2.45) is 0 Å². The first-order valence-electron chi connectivity index (χ1n) is 12.1. The highest BCUT2D eigenvalue weighted by molar-refractivity contribution is 6.32. The monoisotopic (exact) mass is 521 g/mol. The lowest BCUT2D eigenvalue weighted by Crippen LogP contribution is -2.47. The number of aromatic amines is 1. The quantitative estimate of drug-likeness (QED) is 0.382. The number of H-pyrrole nitrogens is 1. The number of halogens is 1. The van der Waals surface area contributed by atoms with E-state index in [0.29, 0.717) is 10.7 Å². The number of aromatic nitrogens is 4. The minimum absolute atomic E-state index is 0.149. The molecule has 1 aliphatic heterocycles. The Kier molecular flexibility index (Phi) is 7.22. The number of nitrogens with zero attached hydrogens (tertiary/aromatic N) is 5. The summed E-state index contributed by atoms with van der Waals surface area (Å²) in [5.74, 6) is 0.275. The van der Waals surface area contributed by atoms with Gasteiger partial charge in [-0.05, 0) is 42.8 Å². The molecule has 0 spiro atoms. The van der Waals surface area contributed by atoms with Crippen LogP contribution < -0.4 is 21.5 Å². The second kappa shape index (κ2) is 10.7. The Balaban J connectivity index is 1.35. The molecule has 0 saturated carbocycles. The van der Waals surface area contributed by atoms with Crippen LogP contribution in [0.15, 0.2) is 58.3 Å². The summed E-state index contributed by atoms with van der Waals surface area (Å²) in [7, 11) is 1.73. The number of piperazine rings is 1. The third kappa shape index (κ3) is 5.22. The largest absolute Gasteiger partial charge is 0.383 e. The summed E-state index contributed by atoms with van der Waals surface area (Å²) in [6.45, 7) is 7.72. The third-order valence-electron chi connectivity index (χ3n) is 6.52. The normalized spacial score (nSPS) is 14.3. The first-order valence-corrected chi connectivity index (χ1v) is 12.4. The Morgan fingerprint density at radius 1 is 1.08 bits per heavy atom. The Morgan fingerprint density at radius 3 is 2.59 bits per heavy atom. The second-order valence-corrected chi connectivity index (χ2v) is 9.33. The van der Waals surface area contributed by atoms with E-state index in [4.69, 9.17) is 16.3 Å². The van der Waals surface area contributed by atoms with Crippen molar-refractivity contribution in [3.63, 3.8) is 0 Å². The van der Waals surface area contributed by atoms with Gasteiger partial charge in [0.1, 0.15) is 5.39 Å². The summed E-state index contributed by atoms with van der Waals surface area (Å²) < 4.78 is 6.18. The Bertz CT molecular complexity index is 1540. The smallest absolute Gasteiger partial charge is 0.334 e. The van der Waals surface area contributed by atoms with Crippen molar-refractivity contribution < 1.29 is 4.74 Å². The van der Waals surface area contributed by atoms with E-state index in [0.717, 1.165) is 55.1 Å². The summed E-state index contributed by atoms with van der Waals surface area (Å²) in [6, 6.07) is 12.8. The van der Waals surface area contributed by atoms with Gasteiger partial charge in [0, 0.05) is 57.4 Å². The molecule has 1 saturated heterocycles. The molecule has 37 heavy (non-hydrogen) atoms. The minimum atomic E-state index is -0.627. The number of fused-ring (bicyclic) bond motifs is 1. The lowest BCUT2D eigenvalue weighted by atomic mass is 10.1. The number of hydrogen-bond acceptors (Lipinski definition) is 8. The summed E-state index contributed by atoms with van der Waals surface area (Å²) in [5, 5.41) is 3.65. The molecular weight excluding hydrogens is 494 g/mol. The molecular formula is C26H28ClN7O3. The van der Waals surface area contributed by atoms with Crippen LogP contribution in [0.3, 0.4) is 0 Å². The van der Waals surface area contributed by atoms with Crippen molar-refractivity contribution in [2.45, 2.75) is 6.92 Å². The van der Waals surface area contributed by atoms with E-state index in [1.807, 2.05) is 12.1 Å². The molecule has 0 unspecified atom stereocenters. The number of para-hydroxylation sites is 1. The van der Waals surface area contributed by atoms with Crippen LogP contribution in [0.2, 0.25) is 5.02 Å². The van der Waals surface area contributed by atoms with Gasteiger partial charge in [-0.1, -0.05) is 23.7 Å². The van der Waals surface area contributed by atoms with E-state index in [1.54, 1.807) is 31.4 Å². The molecule has 1 aliphatic rings. The molecule has 2 aromatic carbocycles. The van der Waals surface area contributed by atoms with Crippen molar-refractivity contribution in [1.29, 1.82) is 0 Å². The average molecular weight is 522 g/mol. The van der Waals surface area contributed by atoms with Crippen LogP contribution >= 0.6 is 11.6 Å². The maximum Gasteiger partial charge on any atom is 0.334 e. The van der Waals surface area contributed by atoms with E-state index >= 15 is 0 Å². The van der Waals surface area contributed by atoms with E-state index in [9.17, 15) is 9.59 Å². The lowest BCUT2D eigenvalue weighted by molar-refractivity contribution is 0.144. The Hall–Kier alpha value is -3.73. The summed E-state index contributed by atoms with van der Waals surface area (Å²) in [5.41, 5.74) is 2.42. The Morgan fingerprint density at radius 2 is 1.86 bits per heavy atom. The van der Waals surface area contributed by atoms with Gasteiger partial charge in [0.25, 0.3) is 5.56 Å². The molecule has 3 heterocycles. The van der Waals surface area contributed by atoms with Crippen LogP contribution in [0.1, 0.15) is 5.56 Å². The molecule has 0 bridgehead atoms. The highest BCUT2D eigenvalue weighted by Crippen LogP contribution is 2.26. The fourth-order valence-electron chi connectivity index (χ4n) is 4.57. The SMILES string of the molecule is COCCN1CCN(c2ccc(Nc3ncc4c(=O)n(-c5ccccc5Cl)c(=O)[nH]c4n3)cc2C)CC1. The minimum Gasteiger partial charge on any atom is -0.383 e. The second-order valence-electron chi connectivity index (χ2n) is 8.93. The van der Waals surface area contributed by atoms with Gasteiger partial charge in [0.15, 0.2) is 5.65 Å². The van der Waals surface area contributed by atoms with Crippen molar-refractivity contribution in [3.05, 3.63) is 80.1 Å². The predicted octanol–water partition coefficient (Wildman–Crippen LogP) is 2.94. The van der Waals surface area contributed by atoms with Crippen LogP contribution in [0.25, 0.3) is 16.7 Å². The van der Waals surface area contributed by atoms with E-state index in [2.05, 4.69) is 43.1 Å². The van der Waals surface area contributed by atoms with Crippen LogP contribution in [-0.2, 0) is 4.74 Å². The number of nitrogens with one attached hydrogen (secondary N) is 2. The first kappa shape index (κ1) is 24.9. The van der Waals surface area contributed by atoms with Crippen LogP contribution in [0.5, 0.6) is 0 Å². The standard InChI is InChI=1S/C26H28ClN7O3/c1-17-15-18(7-8-21(17)33-11-9-32(10-12-33)13-14-37-2)29-25-28-16-19-23(30-25)31-26(36)34(24(19)35)22-6-4-3-5-20(22)27/h3-8,15-16H,9-14H2,1-2H3,(H2,28,29,30,31,36). The molecule has 4 aromatic rings. The molecule has 1 fully saturated rings. The molecule has 192 valence electrons. The van der Waals surface area contributed by atoms with Gasteiger partial charge in [-0.2, -0.15) is 4.98 Å². The highest BCUT2D eigenvalue weighted by Gasteiger charge is 2.19. The van der Waals surface area contributed by atoms with Gasteiger partial charge >= 0.3 is 5.69 Å². The van der Waals surface area contributed by atoms with Gasteiger partial charge in [0.2, 0.25) is 5.95 Å².